The quantitative estimate of drug-likeness (QED) is 0.741. The molecular formula is C18H18N4O3S. The minimum Gasteiger partial charge on any atom is -0.309 e. The highest BCUT2D eigenvalue weighted by molar-refractivity contribution is 7.92. The Balaban J connectivity index is 1.71. The van der Waals surface area contributed by atoms with Crippen molar-refractivity contribution < 1.29 is 13.2 Å². The van der Waals surface area contributed by atoms with Crippen LogP contribution < -0.4 is 9.62 Å². The van der Waals surface area contributed by atoms with Crippen molar-refractivity contribution in [1.82, 2.24) is 10.2 Å². The summed E-state index contributed by atoms with van der Waals surface area (Å²) < 4.78 is 28.3. The summed E-state index contributed by atoms with van der Waals surface area (Å²) in [4.78, 5) is 13.7. The van der Waals surface area contributed by atoms with E-state index in [1.165, 1.54) is 13.0 Å². The zero-order valence-electron chi connectivity index (χ0n) is 14.4. The molecule has 0 aliphatic carbocycles. The second kappa shape index (κ2) is 5.84. The number of amides is 1. The lowest BCUT2D eigenvalue weighted by atomic mass is 10.1. The van der Waals surface area contributed by atoms with Crippen molar-refractivity contribution in [2.45, 2.75) is 31.2 Å². The number of benzene rings is 2. The highest BCUT2D eigenvalue weighted by atomic mass is 32.2. The van der Waals surface area contributed by atoms with Crippen molar-refractivity contribution in [3.05, 3.63) is 48.2 Å². The van der Waals surface area contributed by atoms with Gasteiger partial charge < -0.3 is 4.90 Å². The predicted octanol–water partition coefficient (Wildman–Crippen LogP) is 2.66. The Bertz CT molecular complexity index is 1120. The molecule has 2 heterocycles. The molecule has 2 aromatic carbocycles. The van der Waals surface area contributed by atoms with E-state index in [4.69, 9.17) is 0 Å². The molecule has 3 aromatic rings. The molecule has 1 amide bonds. The topological polar surface area (TPSA) is 95.2 Å². The number of fused-ring (bicyclic) bond motifs is 2. The SMILES string of the molecule is CC(=O)N1c2ccc(S(=O)(=O)Nc3cccc4cn[nH]c34)cc2C[C@H]1C. The molecule has 1 atom stereocenters. The highest BCUT2D eigenvalue weighted by Crippen LogP contribution is 2.34. The summed E-state index contributed by atoms with van der Waals surface area (Å²) in [6, 6.07) is 10.2. The molecule has 134 valence electrons. The first-order valence-electron chi connectivity index (χ1n) is 8.24. The van der Waals surface area contributed by atoms with Crippen LogP contribution in [0, 0.1) is 0 Å². The number of para-hydroxylation sites is 1. The molecule has 2 N–H and O–H groups in total. The van der Waals surface area contributed by atoms with Crippen molar-refractivity contribution in [3.63, 3.8) is 0 Å². The molecule has 0 fully saturated rings. The molecule has 1 aliphatic rings. The van der Waals surface area contributed by atoms with Crippen LogP contribution in [0.3, 0.4) is 0 Å². The van der Waals surface area contributed by atoms with Gasteiger partial charge in [0.2, 0.25) is 5.91 Å². The lowest BCUT2D eigenvalue weighted by Gasteiger charge is -2.20. The Morgan fingerprint density at radius 2 is 2.12 bits per heavy atom. The monoisotopic (exact) mass is 370 g/mol. The standard InChI is InChI=1S/C18H18N4O3S/c1-11-8-14-9-15(6-7-17(14)22(11)12(2)23)26(24,25)21-16-5-3-4-13-10-19-20-18(13)16/h3-7,9-11,21H,8H2,1-2H3,(H,19,20)/t11-/m1/s1. The number of sulfonamides is 1. The average molecular weight is 370 g/mol. The number of nitrogens with zero attached hydrogens (tertiary/aromatic N) is 2. The van der Waals surface area contributed by atoms with E-state index in [0.29, 0.717) is 17.6 Å². The third kappa shape index (κ3) is 2.62. The summed E-state index contributed by atoms with van der Waals surface area (Å²) in [5.41, 5.74) is 2.71. The molecule has 0 unspecified atom stereocenters. The number of carbonyl (C=O) groups excluding carboxylic acids is 1. The molecule has 0 saturated carbocycles. The largest absolute Gasteiger partial charge is 0.309 e. The van der Waals surface area contributed by atoms with Gasteiger partial charge in [-0.15, -0.1) is 0 Å². The van der Waals surface area contributed by atoms with Gasteiger partial charge in [-0.25, -0.2) is 8.42 Å². The Morgan fingerprint density at radius 3 is 2.88 bits per heavy atom. The van der Waals surface area contributed by atoms with E-state index in [2.05, 4.69) is 14.9 Å². The number of hydrogen-bond donors (Lipinski definition) is 2. The number of nitrogens with one attached hydrogen (secondary N) is 2. The van der Waals surface area contributed by atoms with E-state index in [1.54, 1.807) is 35.4 Å². The van der Waals surface area contributed by atoms with Gasteiger partial charge in [0.05, 0.1) is 22.3 Å². The van der Waals surface area contributed by atoms with Crippen LogP contribution >= 0.6 is 0 Å². The van der Waals surface area contributed by atoms with Crippen molar-refractivity contribution in [2.75, 3.05) is 9.62 Å². The van der Waals surface area contributed by atoms with Crippen LogP contribution in [0.5, 0.6) is 0 Å². The lowest BCUT2D eigenvalue weighted by Crippen LogP contribution is -2.33. The number of rotatable bonds is 3. The van der Waals surface area contributed by atoms with Crippen molar-refractivity contribution in [2.24, 2.45) is 0 Å². The number of carbonyl (C=O) groups is 1. The number of hydrogen-bond acceptors (Lipinski definition) is 4. The third-order valence-corrected chi connectivity index (χ3v) is 6.00. The summed E-state index contributed by atoms with van der Waals surface area (Å²) in [5, 5.41) is 7.58. The van der Waals surface area contributed by atoms with Gasteiger partial charge >= 0.3 is 0 Å². The van der Waals surface area contributed by atoms with Crippen LogP contribution in [0.4, 0.5) is 11.4 Å². The minimum atomic E-state index is -3.76. The molecule has 0 saturated heterocycles. The molecule has 1 aromatic heterocycles. The smallest absolute Gasteiger partial charge is 0.261 e. The number of aromatic amines is 1. The molecule has 8 heteroatoms. The zero-order chi connectivity index (χ0) is 18.5. The zero-order valence-corrected chi connectivity index (χ0v) is 15.2. The number of aromatic nitrogens is 2. The Morgan fingerprint density at radius 1 is 1.31 bits per heavy atom. The first-order valence-corrected chi connectivity index (χ1v) is 9.73. The lowest BCUT2D eigenvalue weighted by molar-refractivity contribution is -0.116. The maximum absolute atomic E-state index is 12.8. The number of H-pyrrole nitrogens is 1. The maximum atomic E-state index is 12.8. The summed E-state index contributed by atoms with van der Waals surface area (Å²) in [6.07, 6.45) is 2.27. The van der Waals surface area contributed by atoms with Gasteiger partial charge in [-0.2, -0.15) is 5.10 Å². The predicted molar refractivity (Wildman–Crippen MR) is 99.7 cm³/mol. The average Bonchev–Trinajstić information content (AvgIpc) is 3.17. The summed E-state index contributed by atoms with van der Waals surface area (Å²) in [7, 11) is -3.76. The van der Waals surface area contributed by atoms with E-state index in [-0.39, 0.29) is 16.8 Å². The molecule has 0 radical (unpaired) electrons. The van der Waals surface area contributed by atoms with Crippen LogP contribution in [-0.2, 0) is 21.2 Å². The second-order valence-corrected chi connectivity index (χ2v) is 8.16. The fraction of sp³-hybridized carbons (Fsp3) is 0.222. The summed E-state index contributed by atoms with van der Waals surface area (Å²) in [5.74, 6) is -0.0455. The van der Waals surface area contributed by atoms with Crippen LogP contribution in [0.25, 0.3) is 10.9 Å². The Labute approximate surface area is 151 Å². The van der Waals surface area contributed by atoms with Crippen molar-refractivity contribution >= 4 is 38.2 Å². The second-order valence-electron chi connectivity index (χ2n) is 6.48. The third-order valence-electron chi connectivity index (χ3n) is 4.64. The van der Waals surface area contributed by atoms with E-state index in [0.717, 1.165) is 16.6 Å². The molecular weight excluding hydrogens is 352 g/mol. The highest BCUT2D eigenvalue weighted by Gasteiger charge is 2.30. The van der Waals surface area contributed by atoms with Crippen LogP contribution in [0.1, 0.15) is 19.4 Å². The van der Waals surface area contributed by atoms with E-state index in [1.807, 2.05) is 13.0 Å². The molecule has 0 spiro atoms. The molecule has 4 rings (SSSR count). The van der Waals surface area contributed by atoms with Gasteiger partial charge in [0.15, 0.2) is 0 Å². The molecule has 0 bridgehead atoms. The fourth-order valence-electron chi connectivity index (χ4n) is 3.51. The fourth-order valence-corrected chi connectivity index (χ4v) is 4.63. The van der Waals surface area contributed by atoms with Gasteiger partial charge in [0, 0.05) is 24.0 Å². The van der Waals surface area contributed by atoms with Gasteiger partial charge in [-0.05, 0) is 43.2 Å². The minimum absolute atomic E-state index is 0.0205. The van der Waals surface area contributed by atoms with Crippen molar-refractivity contribution in [3.8, 4) is 0 Å². The molecule has 1 aliphatic heterocycles. The molecule has 26 heavy (non-hydrogen) atoms. The van der Waals surface area contributed by atoms with Gasteiger partial charge in [-0.1, -0.05) is 12.1 Å². The maximum Gasteiger partial charge on any atom is 0.261 e. The van der Waals surface area contributed by atoms with Gasteiger partial charge in [0.25, 0.3) is 10.0 Å². The normalized spacial score (nSPS) is 16.7. The molecule has 7 nitrogen and oxygen atoms in total. The van der Waals surface area contributed by atoms with Gasteiger partial charge in [0.1, 0.15) is 0 Å². The first kappa shape index (κ1) is 16.6. The number of anilines is 2. The Kier molecular flexibility index (Phi) is 3.73. The first-order chi connectivity index (χ1) is 12.4. The summed E-state index contributed by atoms with van der Waals surface area (Å²) in [6.45, 7) is 3.47. The van der Waals surface area contributed by atoms with Gasteiger partial charge in [-0.3, -0.25) is 14.6 Å². The van der Waals surface area contributed by atoms with Crippen LogP contribution in [0.15, 0.2) is 47.5 Å². The summed E-state index contributed by atoms with van der Waals surface area (Å²) >= 11 is 0. The van der Waals surface area contributed by atoms with E-state index >= 15 is 0 Å². The van der Waals surface area contributed by atoms with Crippen LogP contribution in [0.2, 0.25) is 0 Å². The van der Waals surface area contributed by atoms with Crippen LogP contribution in [-0.4, -0.2) is 30.6 Å². The van der Waals surface area contributed by atoms with E-state index < -0.39 is 10.0 Å². The Hall–Kier alpha value is -2.87. The van der Waals surface area contributed by atoms with Crippen molar-refractivity contribution in [1.29, 1.82) is 0 Å². The van der Waals surface area contributed by atoms with E-state index in [9.17, 15) is 13.2 Å².